The van der Waals surface area contributed by atoms with Gasteiger partial charge in [-0.3, -0.25) is 4.79 Å². The molecule has 5 nitrogen and oxygen atoms in total. The molecule has 0 heterocycles. The third kappa shape index (κ3) is 5.62. The number of carbonyl (C=O) groups is 2. The molecule has 0 radical (unpaired) electrons. The van der Waals surface area contributed by atoms with Gasteiger partial charge in [-0.05, 0) is 37.5 Å². The van der Waals surface area contributed by atoms with Crippen molar-refractivity contribution in [1.29, 1.82) is 0 Å². The van der Waals surface area contributed by atoms with Gasteiger partial charge in [0.1, 0.15) is 11.8 Å². The van der Waals surface area contributed by atoms with Crippen molar-refractivity contribution in [3.05, 3.63) is 65.2 Å². The summed E-state index contributed by atoms with van der Waals surface area (Å²) in [6.45, 7) is 5.70. The highest BCUT2D eigenvalue weighted by atomic mass is 16.5. The maximum Gasteiger partial charge on any atom is 0.328 e. The number of hydrogen-bond acceptors (Lipinski definition) is 4. The zero-order valence-electron chi connectivity index (χ0n) is 15.5. The normalized spacial score (nSPS) is 11.5. The van der Waals surface area contributed by atoms with Gasteiger partial charge >= 0.3 is 5.97 Å². The molecule has 2 aromatic carbocycles. The molecule has 0 spiro atoms. The van der Waals surface area contributed by atoms with Crippen LogP contribution >= 0.6 is 0 Å². The first kappa shape index (κ1) is 19.5. The molecule has 26 heavy (non-hydrogen) atoms. The summed E-state index contributed by atoms with van der Waals surface area (Å²) in [5.41, 5.74) is 2.87. The number of para-hydroxylation sites is 1. The van der Waals surface area contributed by atoms with E-state index >= 15 is 0 Å². The first-order chi connectivity index (χ1) is 12.5. The minimum Gasteiger partial charge on any atom is -0.483 e. The second-order valence-electron chi connectivity index (χ2n) is 6.07. The fraction of sp³-hybridized carbons (Fsp3) is 0.333. The minimum atomic E-state index is -0.744. The summed E-state index contributed by atoms with van der Waals surface area (Å²) in [7, 11) is 0. The van der Waals surface area contributed by atoms with Gasteiger partial charge < -0.3 is 14.8 Å². The Kier molecular flexibility index (Phi) is 7.21. The van der Waals surface area contributed by atoms with Crippen LogP contribution in [-0.4, -0.2) is 31.1 Å². The van der Waals surface area contributed by atoms with Gasteiger partial charge in [0.05, 0.1) is 6.61 Å². The lowest BCUT2D eigenvalue weighted by Crippen LogP contribution is -2.45. The van der Waals surface area contributed by atoms with E-state index in [1.807, 2.05) is 62.4 Å². The first-order valence-corrected chi connectivity index (χ1v) is 8.70. The molecule has 0 aliphatic rings. The Balaban J connectivity index is 2.00. The molecule has 2 aromatic rings. The van der Waals surface area contributed by atoms with Crippen LogP contribution in [-0.2, 0) is 20.7 Å². The number of carbonyl (C=O) groups excluding carboxylic acids is 2. The van der Waals surface area contributed by atoms with E-state index in [9.17, 15) is 9.59 Å². The van der Waals surface area contributed by atoms with Gasteiger partial charge in [0.2, 0.25) is 0 Å². The van der Waals surface area contributed by atoms with E-state index < -0.39 is 12.0 Å². The Hall–Kier alpha value is -2.82. The number of amides is 1. The van der Waals surface area contributed by atoms with Crippen molar-refractivity contribution in [2.24, 2.45) is 0 Å². The van der Waals surface area contributed by atoms with Crippen molar-refractivity contribution < 1.29 is 19.1 Å². The van der Waals surface area contributed by atoms with Crippen LogP contribution in [0.15, 0.2) is 48.5 Å². The maximum absolute atomic E-state index is 12.3. The molecule has 2 rings (SSSR count). The lowest BCUT2D eigenvalue weighted by atomic mass is 10.1. The fourth-order valence-corrected chi connectivity index (χ4v) is 2.69. The van der Waals surface area contributed by atoms with Crippen molar-refractivity contribution in [2.45, 2.75) is 33.2 Å². The number of esters is 1. The van der Waals surface area contributed by atoms with E-state index in [-0.39, 0.29) is 19.1 Å². The second kappa shape index (κ2) is 9.61. The van der Waals surface area contributed by atoms with Crippen LogP contribution in [0, 0.1) is 13.8 Å². The number of aryl methyl sites for hydroxylation is 2. The van der Waals surface area contributed by atoms with E-state index in [0.717, 1.165) is 16.7 Å². The number of benzene rings is 2. The van der Waals surface area contributed by atoms with Crippen LogP contribution in [0.3, 0.4) is 0 Å². The van der Waals surface area contributed by atoms with Gasteiger partial charge in [0, 0.05) is 6.42 Å². The number of rotatable bonds is 8. The molecular formula is C21H25NO4. The molecule has 1 unspecified atom stereocenters. The van der Waals surface area contributed by atoms with Crippen LogP contribution in [0.4, 0.5) is 0 Å². The van der Waals surface area contributed by atoms with Crippen molar-refractivity contribution >= 4 is 11.9 Å². The predicted molar refractivity (Wildman–Crippen MR) is 100 cm³/mol. The van der Waals surface area contributed by atoms with Gasteiger partial charge in [0.25, 0.3) is 5.91 Å². The lowest BCUT2D eigenvalue weighted by molar-refractivity contribution is -0.147. The molecule has 0 aromatic heterocycles. The van der Waals surface area contributed by atoms with Crippen molar-refractivity contribution in [3.8, 4) is 5.75 Å². The zero-order chi connectivity index (χ0) is 18.9. The molecule has 0 saturated heterocycles. The third-order valence-electron chi connectivity index (χ3n) is 3.95. The Morgan fingerprint density at radius 1 is 1.00 bits per heavy atom. The van der Waals surface area contributed by atoms with Crippen LogP contribution in [0.5, 0.6) is 5.75 Å². The smallest absolute Gasteiger partial charge is 0.328 e. The van der Waals surface area contributed by atoms with E-state index in [4.69, 9.17) is 9.47 Å². The SMILES string of the molecule is CCOC(=O)C(Cc1ccccc1)NC(=O)COc1c(C)cccc1C. The standard InChI is InChI=1S/C21H25NO4/c1-4-25-21(24)18(13-17-11-6-5-7-12-17)22-19(23)14-26-20-15(2)9-8-10-16(20)3/h5-12,18H,4,13-14H2,1-3H3,(H,22,23). The minimum absolute atomic E-state index is 0.156. The monoisotopic (exact) mass is 355 g/mol. The highest BCUT2D eigenvalue weighted by Gasteiger charge is 2.22. The predicted octanol–water partition coefficient (Wildman–Crippen LogP) is 2.97. The molecule has 138 valence electrons. The Labute approximate surface area is 154 Å². The van der Waals surface area contributed by atoms with Gasteiger partial charge in [0.15, 0.2) is 6.61 Å². The molecule has 0 aliphatic carbocycles. The molecule has 0 aliphatic heterocycles. The first-order valence-electron chi connectivity index (χ1n) is 8.70. The summed E-state index contributed by atoms with van der Waals surface area (Å²) in [6, 6.07) is 14.6. The summed E-state index contributed by atoms with van der Waals surface area (Å²) < 4.78 is 10.7. The van der Waals surface area contributed by atoms with E-state index in [0.29, 0.717) is 12.2 Å². The molecule has 0 bridgehead atoms. The highest BCUT2D eigenvalue weighted by Crippen LogP contribution is 2.22. The third-order valence-corrected chi connectivity index (χ3v) is 3.95. The second-order valence-corrected chi connectivity index (χ2v) is 6.07. The molecule has 1 atom stereocenters. The van der Waals surface area contributed by atoms with Crippen molar-refractivity contribution in [1.82, 2.24) is 5.32 Å². The quantitative estimate of drug-likeness (QED) is 0.740. The molecular weight excluding hydrogens is 330 g/mol. The summed E-state index contributed by atoms with van der Waals surface area (Å²) in [6.07, 6.45) is 0.370. The van der Waals surface area contributed by atoms with E-state index in [2.05, 4.69) is 5.32 Å². The Morgan fingerprint density at radius 3 is 2.27 bits per heavy atom. The summed E-state index contributed by atoms with van der Waals surface area (Å²) in [4.78, 5) is 24.5. The van der Waals surface area contributed by atoms with Gasteiger partial charge in [-0.15, -0.1) is 0 Å². The number of nitrogens with one attached hydrogen (secondary N) is 1. The highest BCUT2D eigenvalue weighted by molar-refractivity contribution is 5.85. The molecule has 0 saturated carbocycles. The average molecular weight is 355 g/mol. The van der Waals surface area contributed by atoms with Crippen LogP contribution in [0.2, 0.25) is 0 Å². The van der Waals surface area contributed by atoms with Crippen molar-refractivity contribution in [3.63, 3.8) is 0 Å². The zero-order valence-corrected chi connectivity index (χ0v) is 15.5. The van der Waals surface area contributed by atoms with E-state index in [1.165, 1.54) is 0 Å². The Bertz CT molecular complexity index is 723. The lowest BCUT2D eigenvalue weighted by Gasteiger charge is -2.18. The number of hydrogen-bond donors (Lipinski definition) is 1. The topological polar surface area (TPSA) is 64.6 Å². The van der Waals surface area contributed by atoms with Gasteiger partial charge in [-0.2, -0.15) is 0 Å². The van der Waals surface area contributed by atoms with Gasteiger partial charge in [-0.25, -0.2) is 4.79 Å². The van der Waals surface area contributed by atoms with Crippen molar-refractivity contribution in [2.75, 3.05) is 13.2 Å². The molecule has 1 N–H and O–H groups in total. The summed E-state index contributed by atoms with van der Waals surface area (Å²) in [5, 5.41) is 2.72. The van der Waals surface area contributed by atoms with Crippen LogP contribution < -0.4 is 10.1 Å². The van der Waals surface area contributed by atoms with Crippen LogP contribution in [0.1, 0.15) is 23.6 Å². The summed E-state index contributed by atoms with van der Waals surface area (Å²) >= 11 is 0. The van der Waals surface area contributed by atoms with Crippen LogP contribution in [0.25, 0.3) is 0 Å². The van der Waals surface area contributed by atoms with E-state index in [1.54, 1.807) is 6.92 Å². The largest absolute Gasteiger partial charge is 0.483 e. The summed E-state index contributed by atoms with van der Waals surface area (Å²) in [5.74, 6) is -0.114. The fourth-order valence-electron chi connectivity index (χ4n) is 2.69. The average Bonchev–Trinajstić information content (AvgIpc) is 2.62. The molecule has 1 amide bonds. The Morgan fingerprint density at radius 2 is 1.65 bits per heavy atom. The molecule has 0 fully saturated rings. The maximum atomic E-state index is 12.3. The number of ether oxygens (including phenoxy) is 2. The molecule has 5 heteroatoms. The van der Waals surface area contributed by atoms with Gasteiger partial charge in [-0.1, -0.05) is 48.5 Å².